The minimum Gasteiger partial charge on any atom is -0.491 e. The first-order valence-corrected chi connectivity index (χ1v) is 14.7. The van der Waals surface area contributed by atoms with E-state index in [1.807, 2.05) is 12.1 Å². The van der Waals surface area contributed by atoms with Crippen LogP contribution in [0.5, 0.6) is 5.75 Å². The van der Waals surface area contributed by atoms with Crippen molar-refractivity contribution >= 4 is 11.6 Å². The van der Waals surface area contributed by atoms with Crippen molar-refractivity contribution in [1.29, 1.82) is 0 Å². The summed E-state index contributed by atoms with van der Waals surface area (Å²) in [5, 5.41) is 2.71. The fourth-order valence-corrected chi connectivity index (χ4v) is 3.60. The van der Waals surface area contributed by atoms with Crippen LogP contribution in [-0.4, -0.2) is 91.8 Å². The molecule has 0 aliphatic carbocycles. The van der Waals surface area contributed by atoms with Gasteiger partial charge in [0.15, 0.2) is 0 Å². The summed E-state index contributed by atoms with van der Waals surface area (Å²) < 4.78 is 38.7. The lowest BCUT2D eigenvalue weighted by Crippen LogP contribution is -2.14. The molecule has 1 N–H and O–H groups in total. The number of benzene rings is 1. The van der Waals surface area contributed by atoms with Crippen LogP contribution in [0.3, 0.4) is 0 Å². The van der Waals surface area contributed by atoms with Gasteiger partial charge in [-0.2, -0.15) is 0 Å². The third-order valence-electron chi connectivity index (χ3n) is 5.67. The van der Waals surface area contributed by atoms with Crippen LogP contribution in [-0.2, 0) is 33.2 Å². The minimum absolute atomic E-state index is 0.0995. The van der Waals surface area contributed by atoms with E-state index in [0.29, 0.717) is 79.3 Å². The van der Waals surface area contributed by atoms with Crippen LogP contribution in [0.25, 0.3) is 0 Å². The Morgan fingerprint density at radius 1 is 0.538 bits per heavy atom. The highest BCUT2D eigenvalue weighted by molar-refractivity contribution is 5.88. The van der Waals surface area contributed by atoms with Gasteiger partial charge in [-0.3, -0.25) is 4.79 Å². The molecular formula is C30H53NO8. The minimum atomic E-state index is -0.0995. The molecule has 0 atom stereocenters. The van der Waals surface area contributed by atoms with Crippen molar-refractivity contribution in [2.24, 2.45) is 0 Å². The lowest BCUT2D eigenvalue weighted by molar-refractivity contribution is -0.114. The second kappa shape index (κ2) is 27.8. The molecule has 0 radical (unpaired) electrons. The fraction of sp³-hybridized carbons (Fsp3) is 0.767. The lowest BCUT2D eigenvalue weighted by atomic mass is 10.1. The van der Waals surface area contributed by atoms with E-state index in [1.54, 1.807) is 12.1 Å². The monoisotopic (exact) mass is 555 g/mol. The quantitative estimate of drug-likeness (QED) is 0.134. The average molecular weight is 556 g/mol. The molecule has 0 fully saturated rings. The van der Waals surface area contributed by atoms with Crippen LogP contribution in [0.4, 0.5) is 5.69 Å². The predicted molar refractivity (Wildman–Crippen MR) is 154 cm³/mol. The molecule has 1 aromatic rings. The highest BCUT2D eigenvalue weighted by atomic mass is 16.6. The average Bonchev–Trinajstić information content (AvgIpc) is 2.93. The van der Waals surface area contributed by atoms with Crippen LogP contribution in [0, 0.1) is 0 Å². The molecule has 1 aromatic carbocycles. The van der Waals surface area contributed by atoms with Gasteiger partial charge < -0.3 is 38.5 Å². The summed E-state index contributed by atoms with van der Waals surface area (Å²) in [7, 11) is 0. The number of amides is 1. The molecule has 0 aliphatic rings. The van der Waals surface area contributed by atoms with E-state index in [1.165, 1.54) is 51.9 Å². The smallest absolute Gasteiger partial charge is 0.221 e. The van der Waals surface area contributed by atoms with Gasteiger partial charge in [-0.25, -0.2) is 0 Å². The Morgan fingerprint density at radius 2 is 0.923 bits per heavy atom. The lowest BCUT2D eigenvalue weighted by Gasteiger charge is -2.09. The zero-order chi connectivity index (χ0) is 28.1. The number of ether oxygens (including phenoxy) is 7. The van der Waals surface area contributed by atoms with Gasteiger partial charge in [0, 0.05) is 19.2 Å². The van der Waals surface area contributed by atoms with E-state index >= 15 is 0 Å². The number of rotatable bonds is 29. The molecule has 9 heteroatoms. The van der Waals surface area contributed by atoms with Crippen molar-refractivity contribution in [3.05, 3.63) is 24.3 Å². The zero-order valence-electron chi connectivity index (χ0n) is 24.4. The normalized spacial score (nSPS) is 11.1. The van der Waals surface area contributed by atoms with Gasteiger partial charge in [0.1, 0.15) is 12.4 Å². The van der Waals surface area contributed by atoms with Gasteiger partial charge in [-0.1, -0.05) is 51.9 Å². The zero-order valence-corrected chi connectivity index (χ0v) is 24.4. The molecule has 0 heterocycles. The Balaban J connectivity index is 1.70. The number of anilines is 1. The highest BCUT2D eigenvalue weighted by Gasteiger charge is 1.98. The maximum atomic E-state index is 11.0. The van der Waals surface area contributed by atoms with Gasteiger partial charge in [-0.15, -0.1) is 0 Å². The Kier molecular flexibility index (Phi) is 25.1. The topological polar surface area (TPSA) is 93.7 Å². The largest absolute Gasteiger partial charge is 0.491 e. The molecule has 0 spiro atoms. The number of hydrogen-bond donors (Lipinski definition) is 1. The van der Waals surface area contributed by atoms with Crippen molar-refractivity contribution in [1.82, 2.24) is 0 Å². The number of carbonyl (C=O) groups excluding carboxylic acids is 1. The van der Waals surface area contributed by atoms with Crippen LogP contribution in [0.15, 0.2) is 24.3 Å². The summed E-state index contributed by atoms with van der Waals surface area (Å²) in [4.78, 5) is 11.0. The molecule has 0 saturated heterocycles. The number of unbranched alkanes of at least 4 members (excludes halogenated alkanes) is 7. The summed E-state index contributed by atoms with van der Waals surface area (Å²) in [6.07, 6.45) is 10.5. The van der Waals surface area contributed by atoms with Crippen molar-refractivity contribution in [3.63, 3.8) is 0 Å². The summed E-state index contributed by atoms with van der Waals surface area (Å²) in [5.41, 5.74) is 0.741. The van der Waals surface area contributed by atoms with E-state index in [-0.39, 0.29) is 5.91 Å². The molecule has 0 aromatic heterocycles. The first-order chi connectivity index (χ1) is 19.2. The predicted octanol–water partition coefficient (Wildman–Crippen LogP) is 5.26. The van der Waals surface area contributed by atoms with Gasteiger partial charge in [-0.05, 0) is 30.7 Å². The van der Waals surface area contributed by atoms with Crippen LogP contribution >= 0.6 is 0 Å². The SMILES string of the molecule is CCCCCCCCCCOCCOCCOCCOCCOCCOCCOc1ccc(NC(C)=O)cc1. The molecular weight excluding hydrogens is 502 g/mol. The summed E-state index contributed by atoms with van der Waals surface area (Å²) in [6.45, 7) is 11.0. The number of nitrogens with one attached hydrogen (secondary N) is 1. The second-order valence-corrected chi connectivity index (χ2v) is 9.20. The molecule has 9 nitrogen and oxygen atoms in total. The van der Waals surface area contributed by atoms with E-state index < -0.39 is 0 Å². The Bertz CT molecular complexity index is 659. The molecule has 1 amide bonds. The van der Waals surface area contributed by atoms with E-state index in [9.17, 15) is 4.79 Å². The molecule has 0 saturated carbocycles. The third-order valence-corrected chi connectivity index (χ3v) is 5.67. The van der Waals surface area contributed by atoms with Crippen LogP contribution < -0.4 is 10.1 Å². The Hall–Kier alpha value is -1.75. The number of carbonyl (C=O) groups is 1. The molecule has 0 bridgehead atoms. The van der Waals surface area contributed by atoms with Gasteiger partial charge in [0.25, 0.3) is 0 Å². The van der Waals surface area contributed by atoms with E-state index in [4.69, 9.17) is 33.2 Å². The first kappa shape index (κ1) is 35.3. The van der Waals surface area contributed by atoms with Gasteiger partial charge >= 0.3 is 0 Å². The molecule has 0 unspecified atom stereocenters. The van der Waals surface area contributed by atoms with Crippen LogP contribution in [0.1, 0.15) is 65.2 Å². The van der Waals surface area contributed by atoms with Gasteiger partial charge in [0.05, 0.1) is 72.7 Å². The van der Waals surface area contributed by atoms with Crippen molar-refractivity contribution in [2.45, 2.75) is 65.2 Å². The highest BCUT2D eigenvalue weighted by Crippen LogP contribution is 2.15. The molecule has 1 rings (SSSR count). The summed E-state index contributed by atoms with van der Waals surface area (Å²) in [5.74, 6) is 0.629. The first-order valence-electron chi connectivity index (χ1n) is 14.7. The fourth-order valence-electron chi connectivity index (χ4n) is 3.60. The van der Waals surface area contributed by atoms with Crippen molar-refractivity contribution < 1.29 is 38.0 Å². The summed E-state index contributed by atoms with van der Waals surface area (Å²) >= 11 is 0. The Morgan fingerprint density at radius 3 is 1.36 bits per heavy atom. The second-order valence-electron chi connectivity index (χ2n) is 9.20. The molecule has 226 valence electrons. The maximum Gasteiger partial charge on any atom is 0.221 e. The van der Waals surface area contributed by atoms with Gasteiger partial charge in [0.2, 0.25) is 5.91 Å². The van der Waals surface area contributed by atoms with E-state index in [2.05, 4.69) is 12.2 Å². The number of hydrogen-bond acceptors (Lipinski definition) is 8. The van der Waals surface area contributed by atoms with Crippen molar-refractivity contribution in [2.75, 3.05) is 91.2 Å². The van der Waals surface area contributed by atoms with Crippen molar-refractivity contribution in [3.8, 4) is 5.75 Å². The standard InChI is InChI=1S/C30H53NO8/c1-3-4-5-6-7-8-9-10-15-33-16-17-34-18-19-35-20-21-36-22-23-37-24-25-38-26-27-39-30-13-11-29(12-14-30)31-28(2)32/h11-14H,3-10,15-27H2,1-2H3,(H,31,32). The third kappa shape index (κ3) is 25.0. The maximum absolute atomic E-state index is 11.0. The van der Waals surface area contributed by atoms with Crippen LogP contribution in [0.2, 0.25) is 0 Å². The summed E-state index contributed by atoms with van der Waals surface area (Å²) in [6, 6.07) is 7.21. The van der Waals surface area contributed by atoms with E-state index in [0.717, 1.165) is 24.5 Å². The Labute approximate surface area is 236 Å². The molecule has 39 heavy (non-hydrogen) atoms. The molecule has 0 aliphatic heterocycles.